The number of nitrogens with two attached hydrogens (primary N) is 1. The van der Waals surface area contributed by atoms with Crippen LogP contribution >= 0.6 is 0 Å². The van der Waals surface area contributed by atoms with Gasteiger partial charge in [0.15, 0.2) is 5.82 Å². The number of hydrogen-bond donors (Lipinski definition) is 2. The lowest BCUT2D eigenvalue weighted by Crippen LogP contribution is -2.02. The van der Waals surface area contributed by atoms with Crippen LogP contribution in [0.25, 0.3) is 0 Å². The van der Waals surface area contributed by atoms with E-state index in [-0.39, 0.29) is 5.69 Å². The van der Waals surface area contributed by atoms with Crippen molar-refractivity contribution in [2.45, 2.75) is 6.92 Å². The zero-order valence-corrected chi connectivity index (χ0v) is 10.2. The van der Waals surface area contributed by atoms with Gasteiger partial charge in [0.05, 0.1) is 18.5 Å². The summed E-state index contributed by atoms with van der Waals surface area (Å²) in [6, 6.07) is 7.95. The van der Waals surface area contributed by atoms with Gasteiger partial charge in [-0.05, 0) is 31.2 Å². The smallest absolute Gasteiger partial charge is 0.153 e. The van der Waals surface area contributed by atoms with Crippen molar-refractivity contribution in [3.63, 3.8) is 0 Å². The first kappa shape index (κ1) is 12.2. The van der Waals surface area contributed by atoms with E-state index in [0.717, 1.165) is 5.69 Å². The minimum Gasteiger partial charge on any atom is -0.497 e. The van der Waals surface area contributed by atoms with Gasteiger partial charge in [0.25, 0.3) is 0 Å². The van der Waals surface area contributed by atoms with Crippen molar-refractivity contribution in [2.75, 3.05) is 18.2 Å². The highest BCUT2D eigenvalue weighted by molar-refractivity contribution is 5.69. The molecular weight excluding hydrogens is 233 g/mol. The van der Waals surface area contributed by atoms with Gasteiger partial charge in [-0.15, -0.1) is 0 Å². The van der Waals surface area contributed by atoms with Crippen LogP contribution in [0.3, 0.4) is 0 Å². The van der Waals surface area contributed by atoms with E-state index in [2.05, 4.69) is 10.3 Å². The average Bonchev–Trinajstić information content (AvgIpc) is 2.36. The predicted molar refractivity (Wildman–Crippen MR) is 69.6 cm³/mol. The first-order valence-corrected chi connectivity index (χ1v) is 5.44. The molecule has 1 aromatic heterocycles. The second kappa shape index (κ2) is 4.91. The Morgan fingerprint density at radius 3 is 2.78 bits per heavy atom. The van der Waals surface area contributed by atoms with Gasteiger partial charge in [-0.1, -0.05) is 0 Å². The molecular formula is C13H14FN3O. The van der Waals surface area contributed by atoms with E-state index in [1.165, 1.54) is 13.2 Å². The van der Waals surface area contributed by atoms with Crippen LogP contribution in [-0.4, -0.2) is 12.1 Å². The molecule has 0 spiro atoms. The lowest BCUT2D eigenvalue weighted by molar-refractivity contribution is 0.414. The largest absolute Gasteiger partial charge is 0.497 e. The van der Waals surface area contributed by atoms with Crippen LogP contribution in [0.2, 0.25) is 0 Å². The first-order chi connectivity index (χ1) is 8.60. The molecule has 3 N–H and O–H groups in total. The van der Waals surface area contributed by atoms with Crippen molar-refractivity contribution in [1.82, 2.24) is 4.98 Å². The van der Waals surface area contributed by atoms with Crippen LogP contribution in [-0.2, 0) is 0 Å². The molecule has 0 bridgehead atoms. The average molecular weight is 247 g/mol. The highest BCUT2D eigenvalue weighted by Crippen LogP contribution is 2.26. The molecule has 0 saturated carbocycles. The Balaban J connectivity index is 2.36. The van der Waals surface area contributed by atoms with E-state index >= 15 is 0 Å². The van der Waals surface area contributed by atoms with Crippen LogP contribution < -0.4 is 15.8 Å². The number of aryl methyl sites for hydroxylation is 1. The maximum atomic E-state index is 13.6. The van der Waals surface area contributed by atoms with E-state index < -0.39 is 5.82 Å². The molecule has 0 unspecified atom stereocenters. The van der Waals surface area contributed by atoms with Crippen LogP contribution in [0.15, 0.2) is 30.3 Å². The molecule has 1 aromatic carbocycles. The number of halogens is 1. The molecule has 4 nitrogen and oxygen atoms in total. The number of nitrogen functional groups attached to an aromatic ring is 1. The molecule has 0 atom stereocenters. The summed E-state index contributed by atoms with van der Waals surface area (Å²) in [5, 5.41) is 2.86. The first-order valence-electron chi connectivity index (χ1n) is 5.44. The molecule has 0 amide bonds. The van der Waals surface area contributed by atoms with Crippen LogP contribution in [0.4, 0.5) is 21.6 Å². The van der Waals surface area contributed by atoms with Gasteiger partial charge in [-0.25, -0.2) is 9.37 Å². The van der Waals surface area contributed by atoms with Crippen molar-refractivity contribution in [1.29, 1.82) is 0 Å². The summed E-state index contributed by atoms with van der Waals surface area (Å²) in [6.07, 6.45) is 0. The Kier molecular flexibility index (Phi) is 3.32. The van der Waals surface area contributed by atoms with Crippen LogP contribution in [0.5, 0.6) is 5.75 Å². The van der Waals surface area contributed by atoms with Crippen molar-refractivity contribution in [3.05, 3.63) is 41.8 Å². The van der Waals surface area contributed by atoms with Crippen LogP contribution in [0.1, 0.15) is 5.69 Å². The van der Waals surface area contributed by atoms with Gasteiger partial charge in [-0.2, -0.15) is 0 Å². The van der Waals surface area contributed by atoms with E-state index in [0.29, 0.717) is 17.3 Å². The monoisotopic (exact) mass is 247 g/mol. The SMILES string of the molecule is COc1ccc(F)c(Nc2nc(C)ccc2N)c1. The third-order valence-electron chi connectivity index (χ3n) is 2.49. The molecule has 94 valence electrons. The van der Waals surface area contributed by atoms with Crippen molar-refractivity contribution in [3.8, 4) is 5.75 Å². The third-order valence-corrected chi connectivity index (χ3v) is 2.49. The van der Waals surface area contributed by atoms with E-state index in [4.69, 9.17) is 10.5 Å². The molecule has 5 heteroatoms. The number of nitrogens with zero attached hydrogens (tertiary/aromatic N) is 1. The number of pyridine rings is 1. The number of nitrogens with one attached hydrogen (secondary N) is 1. The van der Waals surface area contributed by atoms with Gasteiger partial charge in [0.2, 0.25) is 0 Å². The summed E-state index contributed by atoms with van der Waals surface area (Å²) in [5.74, 6) is 0.603. The molecule has 0 aliphatic heterocycles. The highest BCUT2D eigenvalue weighted by Gasteiger charge is 2.07. The fourth-order valence-corrected chi connectivity index (χ4v) is 1.52. The number of anilines is 3. The topological polar surface area (TPSA) is 60.2 Å². The lowest BCUT2D eigenvalue weighted by Gasteiger charge is -2.11. The maximum absolute atomic E-state index is 13.6. The molecule has 0 saturated heterocycles. The second-order valence-electron chi connectivity index (χ2n) is 3.86. The molecule has 0 fully saturated rings. The summed E-state index contributed by atoms with van der Waals surface area (Å²) in [6.45, 7) is 1.84. The number of aromatic nitrogens is 1. The van der Waals surface area contributed by atoms with Crippen molar-refractivity contribution < 1.29 is 9.13 Å². The molecule has 18 heavy (non-hydrogen) atoms. The van der Waals surface area contributed by atoms with Gasteiger partial charge in [0, 0.05) is 11.8 Å². The molecule has 0 aliphatic rings. The Labute approximate surface area is 105 Å². The zero-order chi connectivity index (χ0) is 13.1. The number of ether oxygens (including phenoxy) is 1. The predicted octanol–water partition coefficient (Wildman–Crippen LogP) is 2.86. The van der Waals surface area contributed by atoms with Crippen LogP contribution in [0, 0.1) is 12.7 Å². The maximum Gasteiger partial charge on any atom is 0.153 e. The summed E-state index contributed by atoms with van der Waals surface area (Å²) in [4.78, 5) is 4.22. The Hall–Kier alpha value is -2.30. The van der Waals surface area contributed by atoms with E-state index in [1.54, 1.807) is 24.3 Å². The summed E-state index contributed by atoms with van der Waals surface area (Å²) >= 11 is 0. The van der Waals surface area contributed by atoms with E-state index in [9.17, 15) is 4.39 Å². The minimum absolute atomic E-state index is 0.277. The summed E-state index contributed by atoms with van der Waals surface area (Å²) < 4.78 is 18.7. The molecule has 2 aromatic rings. The summed E-state index contributed by atoms with van der Waals surface area (Å²) in [7, 11) is 1.52. The van der Waals surface area contributed by atoms with Crippen molar-refractivity contribution in [2.24, 2.45) is 0 Å². The number of rotatable bonds is 3. The highest BCUT2D eigenvalue weighted by atomic mass is 19.1. The fraction of sp³-hybridized carbons (Fsp3) is 0.154. The van der Waals surface area contributed by atoms with Crippen molar-refractivity contribution >= 4 is 17.2 Å². The van der Waals surface area contributed by atoms with E-state index in [1.807, 2.05) is 6.92 Å². The number of methoxy groups -OCH3 is 1. The molecule has 1 heterocycles. The minimum atomic E-state index is -0.390. The summed E-state index contributed by atoms with van der Waals surface area (Å²) in [5.41, 5.74) is 7.32. The number of hydrogen-bond acceptors (Lipinski definition) is 4. The van der Waals surface area contributed by atoms with Gasteiger partial charge >= 0.3 is 0 Å². The normalized spacial score (nSPS) is 10.2. The molecule has 2 rings (SSSR count). The Morgan fingerprint density at radius 2 is 2.06 bits per heavy atom. The standard InChI is InChI=1S/C13H14FN3O/c1-8-3-6-11(15)13(16-8)17-12-7-9(18-2)4-5-10(12)14/h3-7H,15H2,1-2H3,(H,16,17). The number of benzene rings is 1. The quantitative estimate of drug-likeness (QED) is 0.875. The van der Waals surface area contributed by atoms with Gasteiger partial charge in [0.1, 0.15) is 11.6 Å². The third kappa shape index (κ3) is 2.51. The Morgan fingerprint density at radius 1 is 1.28 bits per heavy atom. The lowest BCUT2D eigenvalue weighted by atomic mass is 10.2. The van der Waals surface area contributed by atoms with Gasteiger partial charge in [-0.3, -0.25) is 0 Å². The Bertz CT molecular complexity index is 572. The second-order valence-corrected chi connectivity index (χ2v) is 3.86. The molecule has 0 aliphatic carbocycles. The molecule has 0 radical (unpaired) electrons. The fourth-order valence-electron chi connectivity index (χ4n) is 1.52. The zero-order valence-electron chi connectivity index (χ0n) is 10.2. The van der Waals surface area contributed by atoms with Gasteiger partial charge < -0.3 is 15.8 Å².